The number of rotatable bonds is 6. The SMILES string of the molecule is CCOC(=O)C1C2C=C(C)C(C(C)C)(C2)C1(C(=O)OCC)C(C)C. The number of hydrogen-bond acceptors (Lipinski definition) is 4. The Labute approximate surface area is 146 Å². The number of hydrogen-bond donors (Lipinski definition) is 0. The molecule has 4 unspecified atom stereocenters. The molecule has 2 rings (SSSR count). The van der Waals surface area contributed by atoms with E-state index in [0.29, 0.717) is 13.2 Å². The monoisotopic (exact) mass is 336 g/mol. The first kappa shape index (κ1) is 19.0. The van der Waals surface area contributed by atoms with E-state index in [9.17, 15) is 9.59 Å². The zero-order valence-corrected chi connectivity index (χ0v) is 16.1. The average Bonchev–Trinajstić information content (AvgIpc) is 2.98. The molecule has 24 heavy (non-hydrogen) atoms. The fourth-order valence-electron chi connectivity index (χ4n) is 5.82. The summed E-state index contributed by atoms with van der Waals surface area (Å²) < 4.78 is 10.9. The van der Waals surface area contributed by atoms with Gasteiger partial charge in [0.1, 0.15) is 0 Å². The molecule has 0 aliphatic heterocycles. The van der Waals surface area contributed by atoms with Gasteiger partial charge in [0, 0.05) is 5.41 Å². The van der Waals surface area contributed by atoms with Gasteiger partial charge in [0.25, 0.3) is 0 Å². The summed E-state index contributed by atoms with van der Waals surface area (Å²) in [7, 11) is 0. The highest BCUT2D eigenvalue weighted by Crippen LogP contribution is 2.72. The van der Waals surface area contributed by atoms with E-state index in [1.54, 1.807) is 0 Å². The maximum atomic E-state index is 13.3. The molecule has 2 bridgehead atoms. The van der Waals surface area contributed by atoms with Gasteiger partial charge in [0.2, 0.25) is 0 Å². The van der Waals surface area contributed by atoms with Crippen molar-refractivity contribution in [2.75, 3.05) is 13.2 Å². The fourth-order valence-corrected chi connectivity index (χ4v) is 5.82. The van der Waals surface area contributed by atoms with E-state index >= 15 is 0 Å². The first-order valence-electron chi connectivity index (χ1n) is 9.24. The van der Waals surface area contributed by atoms with Crippen LogP contribution in [0.25, 0.3) is 0 Å². The van der Waals surface area contributed by atoms with Crippen molar-refractivity contribution in [1.82, 2.24) is 0 Å². The second kappa shape index (κ2) is 6.53. The summed E-state index contributed by atoms with van der Waals surface area (Å²) in [6.07, 6.45) is 3.03. The lowest BCUT2D eigenvalue weighted by Gasteiger charge is -2.52. The van der Waals surface area contributed by atoms with Crippen molar-refractivity contribution in [2.45, 2.75) is 54.9 Å². The molecular weight excluding hydrogens is 304 g/mol. The summed E-state index contributed by atoms with van der Waals surface area (Å²) in [5.41, 5.74) is 0.0346. The van der Waals surface area contributed by atoms with Crippen molar-refractivity contribution < 1.29 is 19.1 Å². The molecule has 136 valence electrons. The van der Waals surface area contributed by atoms with Gasteiger partial charge in [-0.2, -0.15) is 0 Å². The van der Waals surface area contributed by atoms with Gasteiger partial charge in [0.15, 0.2) is 0 Å². The van der Waals surface area contributed by atoms with Gasteiger partial charge in [-0.15, -0.1) is 0 Å². The lowest BCUT2D eigenvalue weighted by atomic mass is 9.49. The molecule has 0 radical (unpaired) electrons. The first-order chi connectivity index (χ1) is 11.2. The topological polar surface area (TPSA) is 52.6 Å². The van der Waals surface area contributed by atoms with Gasteiger partial charge in [-0.25, -0.2) is 0 Å². The molecule has 2 aliphatic carbocycles. The second-order valence-electron chi connectivity index (χ2n) is 7.82. The van der Waals surface area contributed by atoms with Crippen LogP contribution in [0.1, 0.15) is 54.9 Å². The van der Waals surface area contributed by atoms with Crippen LogP contribution in [0.15, 0.2) is 11.6 Å². The Morgan fingerprint density at radius 2 is 1.71 bits per heavy atom. The van der Waals surface area contributed by atoms with E-state index in [0.717, 1.165) is 6.42 Å². The maximum absolute atomic E-state index is 13.3. The molecule has 0 saturated heterocycles. The van der Waals surface area contributed by atoms with Crippen LogP contribution < -0.4 is 0 Å². The summed E-state index contributed by atoms with van der Waals surface area (Å²) in [5.74, 6) is -0.662. The van der Waals surface area contributed by atoms with Gasteiger partial charge < -0.3 is 9.47 Å². The lowest BCUT2D eigenvalue weighted by Crippen LogP contribution is -2.58. The average molecular weight is 336 g/mol. The van der Waals surface area contributed by atoms with Crippen LogP contribution in [0.4, 0.5) is 0 Å². The second-order valence-corrected chi connectivity index (χ2v) is 7.82. The Morgan fingerprint density at radius 1 is 1.12 bits per heavy atom. The molecule has 0 aromatic rings. The predicted molar refractivity (Wildman–Crippen MR) is 93.2 cm³/mol. The maximum Gasteiger partial charge on any atom is 0.314 e. The van der Waals surface area contributed by atoms with E-state index < -0.39 is 11.3 Å². The molecule has 4 atom stereocenters. The third-order valence-corrected chi connectivity index (χ3v) is 6.43. The van der Waals surface area contributed by atoms with Crippen LogP contribution >= 0.6 is 0 Å². The molecule has 0 spiro atoms. The van der Waals surface area contributed by atoms with Crippen molar-refractivity contribution in [2.24, 2.45) is 34.5 Å². The Morgan fingerprint density at radius 3 is 2.17 bits per heavy atom. The minimum Gasteiger partial charge on any atom is -0.466 e. The quantitative estimate of drug-likeness (QED) is 0.543. The van der Waals surface area contributed by atoms with Gasteiger partial charge in [-0.1, -0.05) is 39.3 Å². The Kier molecular flexibility index (Phi) is 5.17. The van der Waals surface area contributed by atoms with Crippen LogP contribution in [-0.2, 0) is 19.1 Å². The molecule has 4 heteroatoms. The molecule has 2 aliphatic rings. The van der Waals surface area contributed by atoms with Gasteiger partial charge in [0.05, 0.1) is 24.5 Å². The van der Waals surface area contributed by atoms with E-state index in [2.05, 4.69) is 26.8 Å². The lowest BCUT2D eigenvalue weighted by molar-refractivity contribution is -0.183. The number of fused-ring (bicyclic) bond motifs is 2. The standard InChI is InChI=1S/C20H32O4/c1-8-23-17(21)16-15-10-14(7)19(11-15,12(3)4)20(16,13(5)6)18(22)24-9-2/h10,12-13,15-16H,8-9,11H2,1-7H3. The first-order valence-corrected chi connectivity index (χ1v) is 9.24. The van der Waals surface area contributed by atoms with Gasteiger partial charge in [-0.05, 0) is 44.9 Å². The highest BCUT2D eigenvalue weighted by molar-refractivity contribution is 5.89. The largest absolute Gasteiger partial charge is 0.466 e. The minimum atomic E-state index is -0.854. The van der Waals surface area contributed by atoms with Crippen molar-refractivity contribution in [3.8, 4) is 0 Å². The summed E-state index contributed by atoms with van der Waals surface area (Å²) in [5, 5.41) is 0. The summed E-state index contributed by atoms with van der Waals surface area (Å²) in [6, 6.07) is 0. The summed E-state index contributed by atoms with van der Waals surface area (Å²) in [6.45, 7) is 14.8. The minimum absolute atomic E-state index is 0.0120. The Bertz CT molecular complexity index is 548. The molecule has 0 heterocycles. The van der Waals surface area contributed by atoms with E-state index in [1.807, 2.05) is 27.7 Å². The van der Waals surface area contributed by atoms with Crippen LogP contribution in [-0.4, -0.2) is 25.2 Å². The number of allylic oxidation sites excluding steroid dienone is 2. The van der Waals surface area contributed by atoms with E-state index in [1.165, 1.54) is 5.57 Å². The highest BCUT2D eigenvalue weighted by Gasteiger charge is 2.75. The normalized spacial score (nSPS) is 34.6. The van der Waals surface area contributed by atoms with Crippen LogP contribution in [0, 0.1) is 34.5 Å². The third-order valence-electron chi connectivity index (χ3n) is 6.43. The number of carbonyl (C=O) groups excluding carboxylic acids is 2. The molecular formula is C20H32O4. The van der Waals surface area contributed by atoms with Crippen molar-refractivity contribution in [1.29, 1.82) is 0 Å². The Hall–Kier alpha value is -1.32. The van der Waals surface area contributed by atoms with Gasteiger partial charge in [-0.3, -0.25) is 9.59 Å². The number of ether oxygens (including phenoxy) is 2. The summed E-state index contributed by atoms with van der Waals surface area (Å²) in [4.78, 5) is 26.2. The Balaban J connectivity index is 2.72. The van der Waals surface area contributed by atoms with Crippen LogP contribution in [0.5, 0.6) is 0 Å². The van der Waals surface area contributed by atoms with E-state index in [4.69, 9.17) is 9.47 Å². The van der Waals surface area contributed by atoms with Crippen molar-refractivity contribution >= 4 is 11.9 Å². The predicted octanol–water partition coefficient (Wildman–Crippen LogP) is 3.99. The number of carbonyl (C=O) groups is 2. The van der Waals surface area contributed by atoms with Crippen molar-refractivity contribution in [3.63, 3.8) is 0 Å². The molecule has 1 saturated carbocycles. The molecule has 1 fully saturated rings. The smallest absolute Gasteiger partial charge is 0.314 e. The molecule has 0 N–H and O–H groups in total. The molecule has 4 nitrogen and oxygen atoms in total. The summed E-state index contributed by atoms with van der Waals surface area (Å²) >= 11 is 0. The molecule has 0 amide bonds. The van der Waals surface area contributed by atoms with Crippen LogP contribution in [0.2, 0.25) is 0 Å². The fraction of sp³-hybridized carbons (Fsp3) is 0.800. The third kappa shape index (κ3) is 2.18. The van der Waals surface area contributed by atoms with Crippen molar-refractivity contribution in [3.05, 3.63) is 11.6 Å². The van der Waals surface area contributed by atoms with Gasteiger partial charge >= 0.3 is 11.9 Å². The molecule has 0 aromatic carbocycles. The van der Waals surface area contributed by atoms with Crippen LogP contribution in [0.3, 0.4) is 0 Å². The zero-order valence-electron chi connectivity index (χ0n) is 16.1. The van der Waals surface area contributed by atoms with E-state index in [-0.39, 0.29) is 35.1 Å². The highest BCUT2D eigenvalue weighted by atomic mass is 16.5. The molecule has 0 aromatic heterocycles. The number of esters is 2. The zero-order chi connectivity index (χ0) is 18.3.